The van der Waals surface area contributed by atoms with E-state index < -0.39 is 0 Å². The van der Waals surface area contributed by atoms with E-state index in [4.69, 9.17) is 4.74 Å². The Morgan fingerprint density at radius 2 is 2.16 bits per heavy atom. The molecule has 2 aliphatic rings. The fraction of sp³-hybridized carbons (Fsp3) is 0.647. The van der Waals surface area contributed by atoms with E-state index in [1.807, 2.05) is 0 Å². The van der Waals surface area contributed by atoms with Crippen molar-refractivity contribution in [2.45, 2.75) is 64.6 Å². The number of hydrogen-bond donors (Lipinski definition) is 1. The van der Waals surface area contributed by atoms with Crippen LogP contribution in [0.2, 0.25) is 0 Å². The number of fused-ring (bicyclic) bond motifs is 1. The quantitative estimate of drug-likeness (QED) is 0.871. The number of para-hydroxylation sites is 1. The van der Waals surface area contributed by atoms with Crippen LogP contribution < -0.4 is 10.1 Å². The summed E-state index contributed by atoms with van der Waals surface area (Å²) < 4.78 is 6.11. The maximum atomic E-state index is 6.11. The van der Waals surface area contributed by atoms with E-state index in [2.05, 4.69) is 44.3 Å². The first-order valence-electron chi connectivity index (χ1n) is 7.57. The molecule has 1 aromatic carbocycles. The molecule has 19 heavy (non-hydrogen) atoms. The predicted octanol–water partition coefficient (Wildman–Crippen LogP) is 3.68. The molecule has 1 N–H and O–H groups in total. The second kappa shape index (κ2) is 4.82. The van der Waals surface area contributed by atoms with Gasteiger partial charge in [-0.15, -0.1) is 0 Å². The predicted molar refractivity (Wildman–Crippen MR) is 78.5 cm³/mol. The zero-order valence-corrected chi connectivity index (χ0v) is 12.3. The molecular formula is C17H25NO. The summed E-state index contributed by atoms with van der Waals surface area (Å²) in [6, 6.07) is 7.16. The molecule has 1 aliphatic carbocycles. The van der Waals surface area contributed by atoms with Crippen LogP contribution >= 0.6 is 0 Å². The van der Waals surface area contributed by atoms with Crippen molar-refractivity contribution in [3.8, 4) is 5.75 Å². The van der Waals surface area contributed by atoms with Gasteiger partial charge in [0.05, 0.1) is 0 Å². The molecule has 1 heterocycles. The lowest BCUT2D eigenvalue weighted by Crippen LogP contribution is -2.27. The fourth-order valence-corrected chi connectivity index (χ4v) is 3.04. The zero-order chi connectivity index (χ0) is 13.5. The van der Waals surface area contributed by atoms with Gasteiger partial charge in [0, 0.05) is 24.6 Å². The lowest BCUT2D eigenvalue weighted by atomic mass is 10.0. The van der Waals surface area contributed by atoms with Gasteiger partial charge in [0.15, 0.2) is 0 Å². The van der Waals surface area contributed by atoms with Crippen molar-refractivity contribution in [2.75, 3.05) is 0 Å². The standard InChI is InChI=1S/C17H25NO/c1-12(9-13-7-8-13)18-11-15-6-4-5-14-10-17(2,3)19-16(14)15/h4-6,12-13,18H,7-11H2,1-3H3. The molecule has 104 valence electrons. The molecule has 0 bridgehead atoms. The molecule has 1 unspecified atom stereocenters. The number of nitrogens with one attached hydrogen (secondary N) is 1. The topological polar surface area (TPSA) is 21.3 Å². The lowest BCUT2D eigenvalue weighted by molar-refractivity contribution is 0.137. The Kier molecular flexibility index (Phi) is 3.30. The molecule has 1 aromatic rings. The normalized spacial score (nSPS) is 21.8. The highest BCUT2D eigenvalue weighted by Gasteiger charge is 2.31. The Hall–Kier alpha value is -1.02. The maximum absolute atomic E-state index is 6.11. The number of benzene rings is 1. The Bertz CT molecular complexity index is 462. The van der Waals surface area contributed by atoms with Crippen LogP contribution in [0.25, 0.3) is 0 Å². The van der Waals surface area contributed by atoms with Gasteiger partial charge in [-0.1, -0.05) is 31.0 Å². The van der Waals surface area contributed by atoms with Gasteiger partial charge in [0.25, 0.3) is 0 Å². The summed E-state index contributed by atoms with van der Waals surface area (Å²) in [6.45, 7) is 7.55. The van der Waals surface area contributed by atoms with Gasteiger partial charge in [0.2, 0.25) is 0 Å². The van der Waals surface area contributed by atoms with Crippen molar-refractivity contribution >= 4 is 0 Å². The van der Waals surface area contributed by atoms with E-state index in [1.54, 1.807) is 0 Å². The maximum Gasteiger partial charge on any atom is 0.127 e. The van der Waals surface area contributed by atoms with Gasteiger partial charge < -0.3 is 10.1 Å². The second-order valence-electron chi connectivity index (χ2n) is 6.90. The highest BCUT2D eigenvalue weighted by Crippen LogP contribution is 2.38. The van der Waals surface area contributed by atoms with Crippen LogP contribution in [0, 0.1) is 5.92 Å². The van der Waals surface area contributed by atoms with E-state index in [1.165, 1.54) is 30.4 Å². The SMILES string of the molecule is CC(CC1CC1)NCc1cccc2c1OC(C)(C)C2. The van der Waals surface area contributed by atoms with E-state index in [0.717, 1.165) is 24.6 Å². The van der Waals surface area contributed by atoms with Crippen LogP contribution in [0.1, 0.15) is 51.2 Å². The molecule has 3 rings (SSSR count). The minimum atomic E-state index is -0.0436. The minimum absolute atomic E-state index is 0.0436. The van der Waals surface area contributed by atoms with Crippen LogP contribution in [0.4, 0.5) is 0 Å². The van der Waals surface area contributed by atoms with Crippen molar-refractivity contribution in [2.24, 2.45) is 5.92 Å². The molecule has 2 heteroatoms. The average Bonchev–Trinajstić information content (AvgIpc) is 3.06. The molecule has 0 radical (unpaired) electrons. The first-order valence-corrected chi connectivity index (χ1v) is 7.57. The van der Waals surface area contributed by atoms with E-state index in [-0.39, 0.29) is 5.60 Å². The van der Waals surface area contributed by atoms with E-state index >= 15 is 0 Å². The second-order valence-corrected chi connectivity index (χ2v) is 6.90. The van der Waals surface area contributed by atoms with Crippen LogP contribution in [-0.4, -0.2) is 11.6 Å². The van der Waals surface area contributed by atoms with Crippen molar-refractivity contribution in [1.29, 1.82) is 0 Å². The molecule has 2 nitrogen and oxygen atoms in total. The molecule has 1 saturated carbocycles. The third-order valence-corrected chi connectivity index (χ3v) is 4.20. The summed E-state index contributed by atoms with van der Waals surface area (Å²) in [5.41, 5.74) is 2.63. The van der Waals surface area contributed by atoms with Crippen molar-refractivity contribution in [1.82, 2.24) is 5.32 Å². The lowest BCUT2D eigenvalue weighted by Gasteiger charge is -2.19. The zero-order valence-electron chi connectivity index (χ0n) is 12.3. The molecule has 0 aromatic heterocycles. The summed E-state index contributed by atoms with van der Waals surface area (Å²) in [5.74, 6) is 2.11. The molecule has 0 saturated heterocycles. The molecule has 0 amide bonds. The summed E-state index contributed by atoms with van der Waals surface area (Å²) in [5, 5.41) is 3.65. The summed E-state index contributed by atoms with van der Waals surface area (Å²) in [4.78, 5) is 0. The van der Waals surface area contributed by atoms with Crippen LogP contribution in [0.3, 0.4) is 0 Å². The largest absolute Gasteiger partial charge is 0.487 e. The molecule has 1 fully saturated rings. The van der Waals surface area contributed by atoms with E-state index in [9.17, 15) is 0 Å². The van der Waals surface area contributed by atoms with Crippen LogP contribution in [0.15, 0.2) is 18.2 Å². The smallest absolute Gasteiger partial charge is 0.127 e. The average molecular weight is 259 g/mol. The highest BCUT2D eigenvalue weighted by atomic mass is 16.5. The minimum Gasteiger partial charge on any atom is -0.487 e. The Balaban J connectivity index is 1.64. The molecule has 0 spiro atoms. The number of hydrogen-bond acceptors (Lipinski definition) is 2. The van der Waals surface area contributed by atoms with Gasteiger partial charge in [-0.05, 0) is 38.7 Å². The highest BCUT2D eigenvalue weighted by molar-refractivity contribution is 5.45. The van der Waals surface area contributed by atoms with Gasteiger partial charge in [-0.25, -0.2) is 0 Å². The number of ether oxygens (including phenoxy) is 1. The molecule has 1 aliphatic heterocycles. The van der Waals surface area contributed by atoms with E-state index in [0.29, 0.717) is 6.04 Å². The third kappa shape index (κ3) is 3.11. The van der Waals surface area contributed by atoms with Crippen molar-refractivity contribution < 1.29 is 4.74 Å². The summed E-state index contributed by atoms with van der Waals surface area (Å²) in [6.07, 6.45) is 5.21. The monoisotopic (exact) mass is 259 g/mol. The third-order valence-electron chi connectivity index (χ3n) is 4.20. The fourth-order valence-electron chi connectivity index (χ4n) is 3.04. The van der Waals surface area contributed by atoms with Gasteiger partial charge in [-0.2, -0.15) is 0 Å². The Morgan fingerprint density at radius 3 is 2.89 bits per heavy atom. The van der Waals surface area contributed by atoms with Gasteiger partial charge in [-0.3, -0.25) is 0 Å². The first-order chi connectivity index (χ1) is 9.03. The molecular weight excluding hydrogens is 234 g/mol. The van der Waals surface area contributed by atoms with Crippen molar-refractivity contribution in [3.63, 3.8) is 0 Å². The summed E-state index contributed by atoms with van der Waals surface area (Å²) in [7, 11) is 0. The van der Waals surface area contributed by atoms with Crippen LogP contribution in [-0.2, 0) is 13.0 Å². The first kappa shape index (κ1) is 13.0. The van der Waals surface area contributed by atoms with Crippen molar-refractivity contribution in [3.05, 3.63) is 29.3 Å². The van der Waals surface area contributed by atoms with Crippen LogP contribution in [0.5, 0.6) is 5.75 Å². The number of rotatable bonds is 5. The van der Waals surface area contributed by atoms with Gasteiger partial charge >= 0.3 is 0 Å². The van der Waals surface area contributed by atoms with Gasteiger partial charge in [0.1, 0.15) is 11.4 Å². The Morgan fingerprint density at radius 1 is 1.37 bits per heavy atom. The Labute approximate surface area is 116 Å². The molecule has 1 atom stereocenters. The summed E-state index contributed by atoms with van der Waals surface area (Å²) >= 11 is 0.